The number of hydrogen-bond acceptors (Lipinski definition) is 9. The molecule has 1 aromatic heterocycles. The molecule has 59 heavy (non-hydrogen) atoms. The summed E-state index contributed by atoms with van der Waals surface area (Å²) in [6, 6.07) is 10.2. The van der Waals surface area contributed by atoms with E-state index in [0.717, 1.165) is 90.0 Å². The van der Waals surface area contributed by atoms with Crippen LogP contribution in [-0.4, -0.2) is 103 Å². The largest absolute Gasteiger partial charge is 0.491 e. The maximum atomic E-state index is 15.5. The van der Waals surface area contributed by atoms with Crippen molar-refractivity contribution in [2.45, 2.75) is 168 Å². The molecule has 3 aromatic rings. The molecule has 3 aliphatic heterocycles. The van der Waals surface area contributed by atoms with Crippen LogP contribution in [0.4, 0.5) is 10.1 Å². The Bertz CT molecular complexity index is 1900. The van der Waals surface area contributed by atoms with Gasteiger partial charge in [0, 0.05) is 65.3 Å². The highest BCUT2D eigenvalue weighted by molar-refractivity contribution is 7.91. The third-order valence-corrected chi connectivity index (χ3v) is 15.8. The van der Waals surface area contributed by atoms with Crippen molar-refractivity contribution in [3.05, 3.63) is 48.4 Å². The van der Waals surface area contributed by atoms with E-state index in [4.69, 9.17) is 4.74 Å². The summed E-state index contributed by atoms with van der Waals surface area (Å²) in [5.74, 6) is -0.637. The van der Waals surface area contributed by atoms with Crippen molar-refractivity contribution in [1.29, 1.82) is 0 Å². The highest BCUT2D eigenvalue weighted by atomic mass is 32.2. The number of aliphatic hydroxyl groups excluding tert-OH is 1. The molecule has 0 amide bonds. The molecule has 0 spiro atoms. The van der Waals surface area contributed by atoms with Gasteiger partial charge in [0.15, 0.2) is 11.6 Å². The van der Waals surface area contributed by atoms with E-state index in [-0.39, 0.29) is 21.6 Å². The lowest BCUT2D eigenvalue weighted by molar-refractivity contribution is 0.0170. The molecule has 1 N–H and O–H groups in total. The molecular formula is C47H71FN4O5S2. The van der Waals surface area contributed by atoms with E-state index in [1.165, 1.54) is 89.0 Å². The lowest BCUT2D eigenvalue weighted by Gasteiger charge is -2.45. The van der Waals surface area contributed by atoms with Crippen LogP contribution in [0, 0.1) is 5.82 Å². The Morgan fingerprint density at radius 3 is 2.00 bits per heavy atom. The molecule has 0 aliphatic carbocycles. The number of ether oxygens (including phenoxy) is 1. The Balaban J connectivity index is 1.04. The number of piperidine rings is 3. The summed E-state index contributed by atoms with van der Waals surface area (Å²) in [7, 11) is -5.47. The Morgan fingerprint density at radius 2 is 1.39 bits per heavy atom. The quantitative estimate of drug-likeness (QED) is 0.0991. The minimum atomic E-state index is -4.20. The molecular weight excluding hydrogens is 784 g/mol. The van der Waals surface area contributed by atoms with E-state index < -0.39 is 26.5 Å². The Labute approximate surface area is 356 Å². The summed E-state index contributed by atoms with van der Waals surface area (Å²) in [6.45, 7) is 7.86. The molecule has 3 fully saturated rings. The van der Waals surface area contributed by atoms with Gasteiger partial charge in [-0.3, -0.25) is 14.1 Å². The number of halogens is 1. The first-order chi connectivity index (χ1) is 28.7. The topological polar surface area (TPSA) is 103 Å². The molecule has 2 aromatic carbocycles. The first-order valence-electron chi connectivity index (χ1n) is 23.0. The number of likely N-dealkylation sites (tertiary alicyclic amines) is 2. The average Bonchev–Trinajstić information content (AvgIpc) is 3.25. The maximum absolute atomic E-state index is 15.5. The fourth-order valence-electron chi connectivity index (χ4n) is 9.60. The van der Waals surface area contributed by atoms with Crippen LogP contribution in [0.1, 0.15) is 135 Å². The smallest absolute Gasteiger partial charge is 0.210 e. The number of nitrogens with zero attached hydrogens (tertiary/aromatic N) is 4. The number of hydrogen-bond donors (Lipinski definition) is 1. The van der Waals surface area contributed by atoms with Crippen molar-refractivity contribution in [3.63, 3.8) is 0 Å². The van der Waals surface area contributed by atoms with Crippen LogP contribution in [0.25, 0.3) is 10.9 Å². The molecule has 6 rings (SSSR count). The minimum absolute atomic E-state index is 0.0301. The van der Waals surface area contributed by atoms with Crippen LogP contribution in [-0.2, 0) is 20.6 Å². The normalized spacial score (nSPS) is 19.7. The van der Waals surface area contributed by atoms with E-state index >= 15 is 4.39 Å². The number of anilines is 1. The molecule has 0 saturated carbocycles. The van der Waals surface area contributed by atoms with Crippen molar-refractivity contribution in [1.82, 2.24) is 14.8 Å². The van der Waals surface area contributed by atoms with Gasteiger partial charge in [0.05, 0.1) is 28.8 Å². The number of benzene rings is 2. The number of aromatic nitrogens is 1. The van der Waals surface area contributed by atoms with E-state index in [1.807, 2.05) is 0 Å². The van der Waals surface area contributed by atoms with Gasteiger partial charge in [-0.15, -0.1) is 0 Å². The summed E-state index contributed by atoms with van der Waals surface area (Å²) in [6.07, 6.45) is 26.3. The number of aliphatic hydroxyl groups is 1. The van der Waals surface area contributed by atoms with Gasteiger partial charge in [0.2, 0.25) is 9.84 Å². The number of pyridine rings is 1. The predicted molar refractivity (Wildman–Crippen MR) is 238 cm³/mol. The Hall–Kier alpha value is -2.64. The van der Waals surface area contributed by atoms with Gasteiger partial charge in [0.1, 0.15) is 4.90 Å². The molecule has 12 heteroatoms. The second-order valence-corrected chi connectivity index (χ2v) is 20.7. The van der Waals surface area contributed by atoms with Crippen LogP contribution in [0.5, 0.6) is 5.75 Å². The molecule has 3 saturated heterocycles. The van der Waals surface area contributed by atoms with Gasteiger partial charge in [-0.1, -0.05) is 90.4 Å². The van der Waals surface area contributed by atoms with E-state index in [2.05, 4.69) is 26.6 Å². The summed E-state index contributed by atoms with van der Waals surface area (Å²) < 4.78 is 62.9. The van der Waals surface area contributed by atoms with Gasteiger partial charge in [-0.25, -0.2) is 12.8 Å². The van der Waals surface area contributed by atoms with Crippen molar-refractivity contribution in [3.8, 4) is 5.75 Å². The van der Waals surface area contributed by atoms with Gasteiger partial charge in [-0.05, 0) is 101 Å². The van der Waals surface area contributed by atoms with Gasteiger partial charge >= 0.3 is 0 Å². The summed E-state index contributed by atoms with van der Waals surface area (Å²) >= 11 is 0. The van der Waals surface area contributed by atoms with Crippen LogP contribution >= 0.6 is 0 Å². The van der Waals surface area contributed by atoms with Crippen LogP contribution in [0.15, 0.2) is 57.3 Å². The van der Waals surface area contributed by atoms with Crippen LogP contribution < -0.4 is 9.64 Å². The van der Waals surface area contributed by atoms with Crippen LogP contribution in [0.3, 0.4) is 0 Å². The monoisotopic (exact) mass is 854 g/mol. The molecule has 3 aliphatic rings. The Morgan fingerprint density at radius 1 is 0.780 bits per heavy atom. The minimum Gasteiger partial charge on any atom is -0.491 e. The van der Waals surface area contributed by atoms with Gasteiger partial charge in [0.25, 0.3) is 0 Å². The standard InChI is InChI=1S/C47H71FN4O5S2/c1-3-4-5-6-7-8-9-10-11-12-13-14-15-16-32-57-45-22-20-41(34-43(45)48)59(55,56)46-35-49-44-21-19-40(58(2)54)33-42(44)47(46)51-30-25-37(26-31-51)50-28-23-38(24-29-50)52-27-17-18-39(53)36-52/h19-22,33-35,37-39,53H,3-18,23-32,36H2,1-2H3. The third kappa shape index (κ3) is 12.7. The zero-order valence-corrected chi connectivity index (χ0v) is 37.6. The Kier molecular flexibility index (Phi) is 17.9. The number of unbranched alkanes of at least 4 members (excludes halogenated alkanes) is 13. The highest BCUT2D eigenvalue weighted by Crippen LogP contribution is 2.39. The lowest BCUT2D eigenvalue weighted by atomic mass is 9.95. The number of rotatable bonds is 22. The van der Waals surface area contributed by atoms with E-state index in [0.29, 0.717) is 53.3 Å². The van der Waals surface area contributed by atoms with Crippen LogP contribution in [0.2, 0.25) is 0 Å². The lowest BCUT2D eigenvalue weighted by Crippen LogP contribution is -2.53. The fraction of sp³-hybridized carbons (Fsp3) is 0.681. The van der Waals surface area contributed by atoms with Crippen molar-refractivity contribution < 1.29 is 26.9 Å². The molecule has 2 unspecified atom stereocenters. The molecule has 0 bridgehead atoms. The SMILES string of the molecule is CCCCCCCCCCCCCCCCOc1ccc(S(=O)(=O)c2cnc3ccc(S(C)=O)cc3c2N2CCC(N3CCC(N4CCCC(O)C4)CC3)CC2)cc1F. The van der Waals surface area contributed by atoms with Gasteiger partial charge < -0.3 is 19.6 Å². The van der Waals surface area contributed by atoms with E-state index in [1.54, 1.807) is 24.5 Å². The summed E-state index contributed by atoms with van der Waals surface area (Å²) in [4.78, 5) is 12.3. The third-order valence-electron chi connectivity index (χ3n) is 13.1. The average molecular weight is 855 g/mol. The first kappa shape index (κ1) is 45.9. The fourth-order valence-corrected chi connectivity index (χ4v) is 11.6. The number of sulfone groups is 1. The molecule has 2 atom stereocenters. The number of β-amino-alcohol motifs (C(OH)–C–C–N with tert-alkyl or cyclic N) is 1. The zero-order valence-electron chi connectivity index (χ0n) is 35.9. The predicted octanol–water partition coefficient (Wildman–Crippen LogP) is 9.69. The molecule has 0 radical (unpaired) electrons. The molecule has 328 valence electrons. The summed E-state index contributed by atoms with van der Waals surface area (Å²) in [5, 5.41) is 10.8. The number of fused-ring (bicyclic) bond motifs is 1. The zero-order chi connectivity index (χ0) is 41.6. The second-order valence-electron chi connectivity index (χ2n) is 17.4. The van der Waals surface area contributed by atoms with Crippen molar-refractivity contribution in [2.24, 2.45) is 0 Å². The molecule has 4 heterocycles. The maximum Gasteiger partial charge on any atom is 0.210 e. The summed E-state index contributed by atoms with van der Waals surface area (Å²) in [5.41, 5.74) is 1.17. The van der Waals surface area contributed by atoms with Crippen molar-refractivity contribution >= 4 is 37.2 Å². The van der Waals surface area contributed by atoms with Crippen molar-refractivity contribution in [2.75, 3.05) is 57.0 Å². The highest BCUT2D eigenvalue weighted by Gasteiger charge is 2.34. The van der Waals surface area contributed by atoms with E-state index in [9.17, 15) is 17.7 Å². The van der Waals surface area contributed by atoms with Gasteiger partial charge in [-0.2, -0.15) is 0 Å². The second kappa shape index (κ2) is 23.0. The molecule has 9 nitrogen and oxygen atoms in total. The first-order valence-corrected chi connectivity index (χ1v) is 26.0.